The molecule has 2 aromatic heterocycles. The van der Waals surface area contributed by atoms with Gasteiger partial charge in [0.05, 0.1) is 12.8 Å². The Morgan fingerprint density at radius 3 is 3.04 bits per heavy atom. The highest BCUT2D eigenvalue weighted by atomic mass is 16.5. The summed E-state index contributed by atoms with van der Waals surface area (Å²) >= 11 is 0. The summed E-state index contributed by atoms with van der Waals surface area (Å²) in [6.45, 7) is 3.57. The SMILES string of the molecule is c1cc2cc(c1)-c1cnn3ccc(nc13)NCCCNCCCO2. The maximum absolute atomic E-state index is 5.87. The summed E-state index contributed by atoms with van der Waals surface area (Å²) in [5, 5.41) is 11.2. The number of hydrogen-bond donors (Lipinski definition) is 2. The van der Waals surface area contributed by atoms with Crippen LogP contribution in [0.4, 0.5) is 5.82 Å². The molecule has 3 heterocycles. The predicted octanol–water partition coefficient (Wildman–Crippen LogP) is 2.57. The van der Waals surface area contributed by atoms with Crippen molar-refractivity contribution in [1.29, 1.82) is 0 Å². The third kappa shape index (κ3) is 3.19. The number of fused-ring (bicyclic) bond motifs is 4. The standard InChI is InChI=1S/C18H21N5O/c1-4-14-12-15(5-1)24-11-3-8-19-7-2-9-20-17-6-10-23-18(22-17)16(14)13-21-23/h1,4-6,10,12-13,19H,2-3,7-9,11H2,(H,20,22). The first-order valence-corrected chi connectivity index (χ1v) is 8.42. The van der Waals surface area contributed by atoms with Crippen LogP contribution in [0.3, 0.4) is 0 Å². The van der Waals surface area contributed by atoms with Crippen LogP contribution in [0.15, 0.2) is 42.7 Å². The third-order valence-electron chi connectivity index (χ3n) is 4.12. The summed E-state index contributed by atoms with van der Waals surface area (Å²) < 4.78 is 7.68. The molecular formula is C18H21N5O. The van der Waals surface area contributed by atoms with E-state index in [-0.39, 0.29) is 0 Å². The Balaban J connectivity index is 1.73. The van der Waals surface area contributed by atoms with Crippen molar-refractivity contribution in [1.82, 2.24) is 19.9 Å². The molecule has 0 amide bonds. The topological polar surface area (TPSA) is 63.5 Å². The zero-order valence-electron chi connectivity index (χ0n) is 13.5. The van der Waals surface area contributed by atoms with Crippen molar-refractivity contribution >= 4 is 11.5 Å². The summed E-state index contributed by atoms with van der Waals surface area (Å²) in [7, 11) is 0. The molecule has 0 saturated carbocycles. The second kappa shape index (κ2) is 6.88. The van der Waals surface area contributed by atoms with Crippen molar-refractivity contribution < 1.29 is 4.74 Å². The molecule has 0 spiro atoms. The lowest BCUT2D eigenvalue weighted by Gasteiger charge is -2.10. The molecule has 0 unspecified atom stereocenters. The van der Waals surface area contributed by atoms with Crippen LogP contribution in [0.25, 0.3) is 16.8 Å². The number of hydrogen-bond acceptors (Lipinski definition) is 5. The van der Waals surface area contributed by atoms with Crippen LogP contribution in [-0.2, 0) is 0 Å². The zero-order valence-corrected chi connectivity index (χ0v) is 13.5. The average molecular weight is 323 g/mol. The largest absolute Gasteiger partial charge is 0.494 e. The molecule has 6 nitrogen and oxygen atoms in total. The van der Waals surface area contributed by atoms with Crippen LogP contribution >= 0.6 is 0 Å². The molecule has 3 aromatic rings. The smallest absolute Gasteiger partial charge is 0.165 e. The fourth-order valence-electron chi connectivity index (χ4n) is 2.87. The first-order valence-electron chi connectivity index (χ1n) is 8.42. The molecule has 124 valence electrons. The molecule has 0 atom stereocenters. The lowest BCUT2D eigenvalue weighted by atomic mass is 10.1. The fraction of sp³-hybridized carbons (Fsp3) is 0.333. The minimum atomic E-state index is 0.714. The fourth-order valence-corrected chi connectivity index (χ4v) is 2.87. The monoisotopic (exact) mass is 323 g/mol. The van der Waals surface area contributed by atoms with Gasteiger partial charge in [-0.15, -0.1) is 0 Å². The first-order chi connectivity index (χ1) is 11.9. The predicted molar refractivity (Wildman–Crippen MR) is 94.5 cm³/mol. The van der Waals surface area contributed by atoms with Gasteiger partial charge in [0.1, 0.15) is 11.6 Å². The average Bonchev–Trinajstić information content (AvgIpc) is 3.03. The molecule has 6 heteroatoms. The van der Waals surface area contributed by atoms with Gasteiger partial charge in [-0.05, 0) is 49.7 Å². The van der Waals surface area contributed by atoms with Crippen LogP contribution in [0.2, 0.25) is 0 Å². The lowest BCUT2D eigenvalue weighted by Crippen LogP contribution is -2.21. The Hall–Kier alpha value is -2.60. The van der Waals surface area contributed by atoms with Gasteiger partial charge in [-0.3, -0.25) is 0 Å². The number of ether oxygens (including phenoxy) is 1. The normalized spacial score (nSPS) is 15.8. The van der Waals surface area contributed by atoms with E-state index in [4.69, 9.17) is 9.72 Å². The van der Waals surface area contributed by atoms with Gasteiger partial charge in [-0.25, -0.2) is 9.50 Å². The van der Waals surface area contributed by atoms with E-state index < -0.39 is 0 Å². The molecule has 0 saturated heterocycles. The van der Waals surface area contributed by atoms with Gasteiger partial charge >= 0.3 is 0 Å². The molecule has 4 bridgehead atoms. The van der Waals surface area contributed by atoms with E-state index in [9.17, 15) is 0 Å². The maximum Gasteiger partial charge on any atom is 0.165 e. The molecule has 0 fully saturated rings. The second-order valence-electron chi connectivity index (χ2n) is 5.90. The Morgan fingerprint density at radius 1 is 1.08 bits per heavy atom. The number of aromatic nitrogens is 3. The van der Waals surface area contributed by atoms with Gasteiger partial charge in [0.2, 0.25) is 0 Å². The van der Waals surface area contributed by atoms with Gasteiger partial charge in [0.25, 0.3) is 0 Å². The van der Waals surface area contributed by atoms with Crippen LogP contribution < -0.4 is 15.4 Å². The number of rotatable bonds is 0. The van der Waals surface area contributed by atoms with Crippen molar-refractivity contribution in [3.8, 4) is 16.9 Å². The van der Waals surface area contributed by atoms with Crippen LogP contribution in [0, 0.1) is 0 Å². The molecule has 24 heavy (non-hydrogen) atoms. The molecule has 1 aliphatic heterocycles. The van der Waals surface area contributed by atoms with Crippen molar-refractivity contribution in [3.05, 3.63) is 42.7 Å². The van der Waals surface area contributed by atoms with E-state index in [2.05, 4.69) is 27.9 Å². The first kappa shape index (κ1) is 15.0. The van der Waals surface area contributed by atoms with Gasteiger partial charge < -0.3 is 15.4 Å². The zero-order chi connectivity index (χ0) is 16.2. The minimum absolute atomic E-state index is 0.714. The summed E-state index contributed by atoms with van der Waals surface area (Å²) in [5.74, 6) is 1.76. The van der Waals surface area contributed by atoms with Crippen LogP contribution in [0.1, 0.15) is 12.8 Å². The van der Waals surface area contributed by atoms with Gasteiger partial charge in [0.15, 0.2) is 5.65 Å². The van der Waals surface area contributed by atoms with Crippen molar-refractivity contribution in [2.24, 2.45) is 0 Å². The van der Waals surface area contributed by atoms with Gasteiger partial charge in [0, 0.05) is 18.3 Å². The Kier molecular flexibility index (Phi) is 4.29. The molecule has 1 aromatic carbocycles. The lowest BCUT2D eigenvalue weighted by molar-refractivity contribution is 0.308. The Morgan fingerprint density at radius 2 is 2.04 bits per heavy atom. The molecule has 4 rings (SSSR count). The highest BCUT2D eigenvalue weighted by Crippen LogP contribution is 2.27. The summed E-state index contributed by atoms with van der Waals surface area (Å²) in [6, 6.07) is 10.1. The van der Waals surface area contributed by atoms with E-state index in [1.807, 2.05) is 30.6 Å². The Bertz CT molecular complexity index is 829. The van der Waals surface area contributed by atoms with Crippen molar-refractivity contribution in [2.45, 2.75) is 12.8 Å². The van der Waals surface area contributed by atoms with Gasteiger partial charge in [-0.1, -0.05) is 12.1 Å². The third-order valence-corrected chi connectivity index (χ3v) is 4.12. The quantitative estimate of drug-likeness (QED) is 0.666. The summed E-state index contributed by atoms with van der Waals surface area (Å²) in [6.07, 6.45) is 5.85. The highest BCUT2D eigenvalue weighted by molar-refractivity contribution is 5.78. The maximum atomic E-state index is 5.87. The van der Waals surface area contributed by atoms with Crippen LogP contribution in [0.5, 0.6) is 5.75 Å². The molecule has 0 radical (unpaired) electrons. The van der Waals surface area contributed by atoms with Crippen molar-refractivity contribution in [3.63, 3.8) is 0 Å². The number of benzene rings is 1. The molecule has 1 aliphatic rings. The Labute approximate surface area is 140 Å². The van der Waals surface area contributed by atoms with Crippen molar-refractivity contribution in [2.75, 3.05) is 31.6 Å². The molecular weight excluding hydrogens is 302 g/mol. The van der Waals surface area contributed by atoms with E-state index in [1.54, 1.807) is 4.52 Å². The molecule has 0 aliphatic carbocycles. The van der Waals surface area contributed by atoms with Gasteiger partial charge in [-0.2, -0.15) is 5.10 Å². The molecule has 2 N–H and O–H groups in total. The number of nitrogens with one attached hydrogen (secondary N) is 2. The van der Waals surface area contributed by atoms with Crippen LogP contribution in [-0.4, -0.2) is 40.8 Å². The second-order valence-corrected chi connectivity index (χ2v) is 5.90. The van der Waals surface area contributed by atoms with E-state index in [1.165, 1.54) is 0 Å². The number of anilines is 1. The highest BCUT2D eigenvalue weighted by Gasteiger charge is 2.10. The van der Waals surface area contributed by atoms with E-state index in [0.717, 1.165) is 60.8 Å². The van der Waals surface area contributed by atoms with E-state index >= 15 is 0 Å². The van der Waals surface area contributed by atoms with E-state index in [0.29, 0.717) is 6.61 Å². The minimum Gasteiger partial charge on any atom is -0.494 e. The summed E-state index contributed by atoms with van der Waals surface area (Å²) in [4.78, 5) is 4.73. The number of nitrogens with zero attached hydrogens (tertiary/aromatic N) is 3. The summed E-state index contributed by atoms with van der Waals surface area (Å²) in [5.41, 5.74) is 2.93.